The van der Waals surface area contributed by atoms with Crippen LogP contribution in [0.3, 0.4) is 0 Å². The van der Waals surface area contributed by atoms with Gasteiger partial charge in [0.05, 0.1) is 12.4 Å². The summed E-state index contributed by atoms with van der Waals surface area (Å²) in [6, 6.07) is 8.28. The molecule has 1 atom stereocenters. The molecule has 25 heavy (non-hydrogen) atoms. The van der Waals surface area contributed by atoms with Crippen LogP contribution in [-0.4, -0.2) is 33.9 Å². The predicted molar refractivity (Wildman–Crippen MR) is 100 cm³/mol. The fourth-order valence-electron chi connectivity index (χ4n) is 3.14. The van der Waals surface area contributed by atoms with Crippen LogP contribution >= 0.6 is 0 Å². The molecule has 0 radical (unpaired) electrons. The van der Waals surface area contributed by atoms with E-state index in [1.165, 1.54) is 12.0 Å². The second-order valence-electron chi connectivity index (χ2n) is 7.19. The lowest BCUT2D eigenvalue weighted by Crippen LogP contribution is -2.39. The molecule has 0 saturated carbocycles. The van der Waals surface area contributed by atoms with Crippen molar-refractivity contribution in [2.24, 2.45) is 5.92 Å². The van der Waals surface area contributed by atoms with Crippen molar-refractivity contribution in [2.45, 2.75) is 39.5 Å². The van der Waals surface area contributed by atoms with E-state index in [1.54, 1.807) is 12.4 Å². The van der Waals surface area contributed by atoms with Crippen LogP contribution in [0.25, 0.3) is 0 Å². The van der Waals surface area contributed by atoms with Gasteiger partial charge in [0.2, 0.25) is 0 Å². The third-order valence-corrected chi connectivity index (χ3v) is 4.66. The fourth-order valence-corrected chi connectivity index (χ4v) is 3.14. The molecule has 0 aliphatic carbocycles. The highest BCUT2D eigenvalue weighted by Crippen LogP contribution is 2.20. The molecule has 0 spiro atoms. The van der Waals surface area contributed by atoms with Crippen molar-refractivity contribution in [1.29, 1.82) is 0 Å². The summed E-state index contributed by atoms with van der Waals surface area (Å²) in [6.07, 6.45) is 5.43. The normalized spacial score (nSPS) is 17.6. The second-order valence-corrected chi connectivity index (χ2v) is 7.19. The SMILES string of the molecule is CC1CCCN(C(=O)c2cnc(Nc3ccc(C(C)C)cc3)cn2)C1. The number of hydrogen-bond acceptors (Lipinski definition) is 4. The molecule has 1 amide bonds. The van der Waals surface area contributed by atoms with E-state index in [-0.39, 0.29) is 5.91 Å². The van der Waals surface area contributed by atoms with Gasteiger partial charge in [0, 0.05) is 18.8 Å². The first-order chi connectivity index (χ1) is 12.0. The molecule has 0 bridgehead atoms. The number of anilines is 2. The Bertz CT molecular complexity index is 709. The molecule has 5 heteroatoms. The fraction of sp³-hybridized carbons (Fsp3) is 0.450. The van der Waals surface area contributed by atoms with Gasteiger partial charge in [-0.2, -0.15) is 0 Å². The minimum absolute atomic E-state index is 0.0214. The minimum atomic E-state index is -0.0214. The maximum atomic E-state index is 12.5. The van der Waals surface area contributed by atoms with Crippen molar-refractivity contribution in [3.05, 3.63) is 47.9 Å². The summed E-state index contributed by atoms with van der Waals surface area (Å²) in [5, 5.41) is 3.22. The van der Waals surface area contributed by atoms with Crippen LogP contribution < -0.4 is 5.32 Å². The molecule has 5 nitrogen and oxygen atoms in total. The van der Waals surface area contributed by atoms with Gasteiger partial charge < -0.3 is 10.2 Å². The molecule has 1 fully saturated rings. The Hall–Kier alpha value is -2.43. The summed E-state index contributed by atoms with van der Waals surface area (Å²) in [5.74, 6) is 1.68. The zero-order valence-electron chi connectivity index (χ0n) is 15.2. The van der Waals surface area contributed by atoms with Gasteiger partial charge in [-0.3, -0.25) is 4.79 Å². The minimum Gasteiger partial charge on any atom is -0.339 e. The average molecular weight is 338 g/mol. The number of benzene rings is 1. The summed E-state index contributed by atoms with van der Waals surface area (Å²) in [6.45, 7) is 8.15. The number of nitrogens with one attached hydrogen (secondary N) is 1. The number of amides is 1. The monoisotopic (exact) mass is 338 g/mol. The van der Waals surface area contributed by atoms with Crippen LogP contribution in [0.15, 0.2) is 36.7 Å². The topological polar surface area (TPSA) is 58.1 Å². The van der Waals surface area contributed by atoms with Crippen LogP contribution in [0.5, 0.6) is 0 Å². The zero-order chi connectivity index (χ0) is 17.8. The summed E-state index contributed by atoms with van der Waals surface area (Å²) in [5.41, 5.74) is 2.67. The van der Waals surface area contributed by atoms with Crippen molar-refractivity contribution in [2.75, 3.05) is 18.4 Å². The van der Waals surface area contributed by atoms with Crippen LogP contribution in [0, 0.1) is 5.92 Å². The first-order valence-electron chi connectivity index (χ1n) is 9.01. The quantitative estimate of drug-likeness (QED) is 0.907. The number of piperidine rings is 1. The van der Waals surface area contributed by atoms with Gasteiger partial charge in [-0.25, -0.2) is 9.97 Å². The highest BCUT2D eigenvalue weighted by atomic mass is 16.2. The van der Waals surface area contributed by atoms with E-state index in [2.05, 4.69) is 48.2 Å². The smallest absolute Gasteiger partial charge is 0.274 e. The Morgan fingerprint density at radius 2 is 1.96 bits per heavy atom. The standard InChI is InChI=1S/C20H26N4O/c1-14(2)16-6-8-17(9-7-16)23-19-12-21-18(11-22-19)20(25)24-10-4-5-15(3)13-24/h6-9,11-12,14-15H,4-5,10,13H2,1-3H3,(H,22,23). The molecular weight excluding hydrogens is 312 g/mol. The van der Waals surface area contributed by atoms with Crippen molar-refractivity contribution >= 4 is 17.4 Å². The van der Waals surface area contributed by atoms with E-state index in [0.29, 0.717) is 23.3 Å². The second kappa shape index (κ2) is 7.64. The molecular formula is C20H26N4O. The molecule has 2 heterocycles. The van der Waals surface area contributed by atoms with Crippen molar-refractivity contribution in [3.8, 4) is 0 Å². The van der Waals surface area contributed by atoms with Gasteiger partial charge in [0.25, 0.3) is 5.91 Å². The molecule has 1 aliphatic rings. The molecule has 1 aromatic carbocycles. The lowest BCUT2D eigenvalue weighted by molar-refractivity contribution is 0.0676. The van der Waals surface area contributed by atoms with Crippen LogP contribution in [-0.2, 0) is 0 Å². The number of carbonyl (C=O) groups excluding carboxylic acids is 1. The Kier molecular flexibility index (Phi) is 5.31. The van der Waals surface area contributed by atoms with Crippen LogP contribution in [0.4, 0.5) is 11.5 Å². The summed E-state index contributed by atoms with van der Waals surface area (Å²) < 4.78 is 0. The van der Waals surface area contributed by atoms with E-state index < -0.39 is 0 Å². The third kappa shape index (κ3) is 4.35. The van der Waals surface area contributed by atoms with Crippen LogP contribution in [0.2, 0.25) is 0 Å². The van der Waals surface area contributed by atoms with Gasteiger partial charge in [-0.05, 0) is 42.4 Å². The van der Waals surface area contributed by atoms with Crippen molar-refractivity contribution in [1.82, 2.24) is 14.9 Å². The largest absolute Gasteiger partial charge is 0.339 e. The molecule has 3 rings (SSSR count). The molecule has 1 unspecified atom stereocenters. The third-order valence-electron chi connectivity index (χ3n) is 4.66. The lowest BCUT2D eigenvalue weighted by atomic mass is 10.0. The maximum absolute atomic E-state index is 12.5. The molecule has 132 valence electrons. The zero-order valence-corrected chi connectivity index (χ0v) is 15.2. The first-order valence-corrected chi connectivity index (χ1v) is 9.01. The number of rotatable bonds is 4. The molecule has 2 aromatic rings. The van der Waals surface area contributed by atoms with Gasteiger partial charge in [-0.1, -0.05) is 32.9 Å². The van der Waals surface area contributed by atoms with Gasteiger partial charge in [-0.15, -0.1) is 0 Å². The molecule has 1 aliphatic heterocycles. The van der Waals surface area contributed by atoms with Crippen LogP contribution in [0.1, 0.15) is 55.6 Å². The Morgan fingerprint density at radius 1 is 1.20 bits per heavy atom. The number of likely N-dealkylation sites (tertiary alicyclic amines) is 1. The van der Waals surface area contributed by atoms with Gasteiger partial charge >= 0.3 is 0 Å². The highest BCUT2D eigenvalue weighted by molar-refractivity contribution is 5.92. The number of carbonyl (C=O) groups is 1. The van der Waals surface area contributed by atoms with Crippen molar-refractivity contribution < 1.29 is 4.79 Å². The summed E-state index contributed by atoms with van der Waals surface area (Å²) >= 11 is 0. The van der Waals surface area contributed by atoms with Crippen molar-refractivity contribution in [3.63, 3.8) is 0 Å². The van der Waals surface area contributed by atoms with E-state index in [9.17, 15) is 4.79 Å². The maximum Gasteiger partial charge on any atom is 0.274 e. The summed E-state index contributed by atoms with van der Waals surface area (Å²) in [4.78, 5) is 23.1. The first kappa shape index (κ1) is 17.4. The highest BCUT2D eigenvalue weighted by Gasteiger charge is 2.23. The lowest BCUT2D eigenvalue weighted by Gasteiger charge is -2.30. The Balaban J connectivity index is 1.64. The predicted octanol–water partition coefficient (Wildman–Crippen LogP) is 4.22. The van der Waals surface area contributed by atoms with E-state index in [1.807, 2.05) is 17.0 Å². The van der Waals surface area contributed by atoms with Gasteiger partial charge in [0.1, 0.15) is 11.5 Å². The Morgan fingerprint density at radius 3 is 2.56 bits per heavy atom. The molecule has 1 N–H and O–H groups in total. The summed E-state index contributed by atoms with van der Waals surface area (Å²) in [7, 11) is 0. The molecule has 1 aromatic heterocycles. The van der Waals surface area contributed by atoms with E-state index >= 15 is 0 Å². The molecule has 1 saturated heterocycles. The Labute approximate surface area is 149 Å². The number of nitrogens with zero attached hydrogens (tertiary/aromatic N) is 3. The van der Waals surface area contributed by atoms with E-state index in [4.69, 9.17) is 0 Å². The van der Waals surface area contributed by atoms with E-state index in [0.717, 1.165) is 25.2 Å². The number of aromatic nitrogens is 2. The average Bonchev–Trinajstić information content (AvgIpc) is 2.62. The van der Waals surface area contributed by atoms with Gasteiger partial charge in [0.15, 0.2) is 0 Å². The number of hydrogen-bond donors (Lipinski definition) is 1.